The molecule has 3 aromatic rings. The average Bonchev–Trinajstić information content (AvgIpc) is 2.99. The van der Waals surface area contributed by atoms with Crippen molar-refractivity contribution in [1.82, 2.24) is 9.78 Å². The fourth-order valence-electron chi connectivity index (χ4n) is 2.65. The highest BCUT2D eigenvalue weighted by molar-refractivity contribution is 6.04. The number of benzene rings is 2. The van der Waals surface area contributed by atoms with Crippen LogP contribution in [0.1, 0.15) is 33.3 Å². The summed E-state index contributed by atoms with van der Waals surface area (Å²) in [5.74, 6) is -0.821. The molecule has 1 aromatic heterocycles. The predicted octanol–water partition coefficient (Wildman–Crippen LogP) is 3.99. The first kappa shape index (κ1) is 17.5. The van der Waals surface area contributed by atoms with Gasteiger partial charge < -0.3 is 5.32 Å². The smallest absolute Gasteiger partial charge is 0.276 e. The van der Waals surface area contributed by atoms with Gasteiger partial charge in [0.15, 0.2) is 11.5 Å². The quantitative estimate of drug-likeness (QED) is 0.723. The van der Waals surface area contributed by atoms with Gasteiger partial charge in [0.05, 0.1) is 5.69 Å². The Kier molecular flexibility index (Phi) is 4.67. The maximum absolute atomic E-state index is 14.1. The number of aryl methyl sites for hydroxylation is 2. The molecule has 0 aliphatic heterocycles. The Labute approximate surface area is 150 Å². The van der Waals surface area contributed by atoms with E-state index in [0.717, 1.165) is 5.56 Å². The van der Waals surface area contributed by atoms with Crippen molar-refractivity contribution in [3.63, 3.8) is 0 Å². The maximum Gasteiger partial charge on any atom is 0.276 e. The molecule has 5 nitrogen and oxygen atoms in total. The van der Waals surface area contributed by atoms with E-state index in [1.165, 1.54) is 17.7 Å². The van der Waals surface area contributed by atoms with E-state index in [1.807, 2.05) is 6.92 Å². The molecule has 0 atom stereocenters. The molecule has 3 rings (SSSR count). The average molecular weight is 351 g/mol. The van der Waals surface area contributed by atoms with E-state index in [0.29, 0.717) is 22.5 Å². The van der Waals surface area contributed by atoms with E-state index in [2.05, 4.69) is 10.4 Å². The Hall–Kier alpha value is -3.28. The number of aromatic nitrogens is 2. The molecule has 0 aliphatic carbocycles. The van der Waals surface area contributed by atoms with Gasteiger partial charge in [-0.05, 0) is 56.3 Å². The van der Waals surface area contributed by atoms with Crippen LogP contribution in [-0.4, -0.2) is 21.5 Å². The number of amides is 1. The van der Waals surface area contributed by atoms with Crippen molar-refractivity contribution in [2.75, 3.05) is 5.32 Å². The van der Waals surface area contributed by atoms with E-state index < -0.39 is 5.91 Å². The van der Waals surface area contributed by atoms with Crippen molar-refractivity contribution in [2.45, 2.75) is 13.8 Å². The van der Waals surface area contributed by atoms with Crippen molar-refractivity contribution in [2.24, 2.45) is 7.05 Å². The van der Waals surface area contributed by atoms with Crippen LogP contribution in [0.25, 0.3) is 11.3 Å². The Morgan fingerprint density at radius 3 is 2.42 bits per heavy atom. The second-order valence-corrected chi connectivity index (χ2v) is 6.11. The van der Waals surface area contributed by atoms with Gasteiger partial charge in [-0.15, -0.1) is 0 Å². The molecular formula is C20H18FN3O2. The number of Topliss-reactive ketones (excluding diaryl/α,β-unsaturated/α-hetero) is 1. The first-order chi connectivity index (χ1) is 12.3. The lowest BCUT2D eigenvalue weighted by Crippen LogP contribution is -2.13. The number of hydrogen-bond acceptors (Lipinski definition) is 3. The Morgan fingerprint density at radius 1 is 1.08 bits per heavy atom. The lowest BCUT2D eigenvalue weighted by Gasteiger charge is -2.04. The Balaban J connectivity index is 1.85. The van der Waals surface area contributed by atoms with E-state index in [1.54, 1.807) is 49.5 Å². The zero-order chi connectivity index (χ0) is 18.8. The molecular weight excluding hydrogens is 333 g/mol. The molecule has 2 aromatic carbocycles. The monoisotopic (exact) mass is 351 g/mol. The summed E-state index contributed by atoms with van der Waals surface area (Å²) in [5, 5.41) is 6.91. The third kappa shape index (κ3) is 3.54. The molecule has 0 unspecified atom stereocenters. The molecule has 0 spiro atoms. The van der Waals surface area contributed by atoms with Crippen LogP contribution in [0.15, 0.2) is 48.5 Å². The summed E-state index contributed by atoms with van der Waals surface area (Å²) in [6, 6.07) is 12.9. The summed E-state index contributed by atoms with van der Waals surface area (Å²) in [6.07, 6.45) is 0. The van der Waals surface area contributed by atoms with Gasteiger partial charge in [-0.25, -0.2) is 4.39 Å². The van der Waals surface area contributed by atoms with Gasteiger partial charge in [0.25, 0.3) is 5.91 Å². The van der Waals surface area contributed by atoms with Gasteiger partial charge >= 0.3 is 0 Å². The van der Waals surface area contributed by atoms with Crippen LogP contribution in [0.2, 0.25) is 0 Å². The van der Waals surface area contributed by atoms with Gasteiger partial charge in [-0.1, -0.05) is 11.6 Å². The number of carbonyl (C=O) groups excluding carboxylic acids is 2. The lowest BCUT2D eigenvalue weighted by molar-refractivity contribution is 0.101. The lowest BCUT2D eigenvalue weighted by atomic mass is 10.1. The normalized spacial score (nSPS) is 10.6. The van der Waals surface area contributed by atoms with Crippen molar-refractivity contribution in [3.8, 4) is 11.3 Å². The number of nitrogens with one attached hydrogen (secondary N) is 1. The molecule has 0 saturated carbocycles. The number of rotatable bonds is 4. The minimum absolute atomic E-state index is 0.0441. The Morgan fingerprint density at radius 2 is 1.77 bits per heavy atom. The number of anilines is 1. The fourth-order valence-corrected chi connectivity index (χ4v) is 2.65. The Bertz CT molecular complexity index is 991. The summed E-state index contributed by atoms with van der Waals surface area (Å²) < 4.78 is 15.6. The molecule has 1 N–H and O–H groups in total. The minimum Gasteiger partial charge on any atom is -0.321 e. The highest BCUT2D eigenvalue weighted by Gasteiger charge is 2.16. The number of ketones is 1. The van der Waals surface area contributed by atoms with Crippen LogP contribution in [-0.2, 0) is 7.05 Å². The summed E-state index contributed by atoms with van der Waals surface area (Å²) in [4.78, 5) is 23.7. The molecule has 0 aliphatic rings. The fraction of sp³-hybridized carbons (Fsp3) is 0.150. The van der Waals surface area contributed by atoms with Crippen molar-refractivity contribution < 1.29 is 14.0 Å². The third-order valence-corrected chi connectivity index (χ3v) is 4.06. The van der Waals surface area contributed by atoms with Gasteiger partial charge in [-0.2, -0.15) is 5.10 Å². The topological polar surface area (TPSA) is 64.0 Å². The molecule has 1 heterocycles. The number of hydrogen-bond donors (Lipinski definition) is 1. The molecule has 132 valence electrons. The van der Waals surface area contributed by atoms with Crippen LogP contribution in [0.4, 0.5) is 10.1 Å². The second kappa shape index (κ2) is 6.92. The van der Waals surface area contributed by atoms with Crippen LogP contribution in [0.3, 0.4) is 0 Å². The third-order valence-electron chi connectivity index (χ3n) is 4.06. The highest BCUT2D eigenvalue weighted by atomic mass is 19.1. The number of nitrogens with zero attached hydrogens (tertiary/aromatic N) is 2. The summed E-state index contributed by atoms with van der Waals surface area (Å²) in [6.45, 7) is 3.35. The van der Waals surface area contributed by atoms with Crippen LogP contribution < -0.4 is 5.32 Å². The molecule has 0 saturated heterocycles. The van der Waals surface area contributed by atoms with Crippen LogP contribution in [0.5, 0.6) is 0 Å². The van der Waals surface area contributed by atoms with Gasteiger partial charge in [-0.3, -0.25) is 14.3 Å². The van der Waals surface area contributed by atoms with Crippen molar-refractivity contribution in [3.05, 3.63) is 71.2 Å². The first-order valence-corrected chi connectivity index (χ1v) is 8.08. The minimum atomic E-state index is -0.407. The van der Waals surface area contributed by atoms with E-state index in [-0.39, 0.29) is 17.3 Å². The molecule has 0 radical (unpaired) electrons. The summed E-state index contributed by atoms with van der Waals surface area (Å²) in [5.41, 5.74) is 3.12. The van der Waals surface area contributed by atoms with E-state index >= 15 is 0 Å². The largest absolute Gasteiger partial charge is 0.321 e. The zero-order valence-corrected chi connectivity index (χ0v) is 14.7. The molecule has 6 heteroatoms. The first-order valence-electron chi connectivity index (χ1n) is 8.08. The zero-order valence-electron chi connectivity index (χ0n) is 14.7. The maximum atomic E-state index is 14.1. The van der Waals surface area contributed by atoms with Crippen LogP contribution in [0, 0.1) is 12.7 Å². The molecule has 26 heavy (non-hydrogen) atoms. The van der Waals surface area contributed by atoms with Crippen molar-refractivity contribution in [1.29, 1.82) is 0 Å². The van der Waals surface area contributed by atoms with Gasteiger partial charge in [0.1, 0.15) is 5.82 Å². The number of halogens is 1. The summed E-state index contributed by atoms with van der Waals surface area (Å²) >= 11 is 0. The van der Waals surface area contributed by atoms with Gasteiger partial charge in [0, 0.05) is 23.9 Å². The number of carbonyl (C=O) groups is 2. The standard InChI is InChI=1S/C20H18FN3O2/c1-12-4-9-17(21)16(10-12)19-11-18(23-24(19)3)20(26)22-15-7-5-14(6-8-15)13(2)25/h4-11H,1-3H3,(H,22,26). The predicted molar refractivity (Wildman–Crippen MR) is 97.7 cm³/mol. The van der Waals surface area contributed by atoms with Crippen LogP contribution >= 0.6 is 0 Å². The SMILES string of the molecule is CC(=O)c1ccc(NC(=O)c2cc(-c3cc(C)ccc3F)n(C)n2)cc1. The molecule has 0 bridgehead atoms. The van der Waals surface area contributed by atoms with Gasteiger partial charge in [0.2, 0.25) is 0 Å². The van der Waals surface area contributed by atoms with Crippen molar-refractivity contribution >= 4 is 17.4 Å². The second-order valence-electron chi connectivity index (χ2n) is 6.11. The summed E-state index contributed by atoms with van der Waals surface area (Å²) in [7, 11) is 1.66. The van der Waals surface area contributed by atoms with E-state index in [9.17, 15) is 14.0 Å². The molecule has 1 amide bonds. The highest BCUT2D eigenvalue weighted by Crippen LogP contribution is 2.24. The van der Waals surface area contributed by atoms with E-state index in [4.69, 9.17) is 0 Å². The molecule has 0 fully saturated rings.